The van der Waals surface area contributed by atoms with Gasteiger partial charge in [-0.25, -0.2) is 0 Å². The number of anilines is 2. The fraction of sp³-hybridized carbons (Fsp3) is 0.643. The molecule has 1 aromatic heterocycles. The largest absolute Gasteiger partial charge is 0.381 e. The van der Waals surface area contributed by atoms with Gasteiger partial charge in [-0.3, -0.25) is 4.79 Å². The van der Waals surface area contributed by atoms with Crippen LogP contribution in [-0.2, 0) is 9.53 Å². The van der Waals surface area contributed by atoms with Gasteiger partial charge in [0.15, 0.2) is 5.82 Å². The number of hydrogen-bond acceptors (Lipinski definition) is 6. The van der Waals surface area contributed by atoms with Crippen LogP contribution in [0.1, 0.15) is 12.8 Å². The first kappa shape index (κ1) is 15.7. The fourth-order valence-electron chi connectivity index (χ4n) is 2.09. The molecule has 1 aliphatic rings. The normalized spacial score (nSPS) is 16.0. The van der Waals surface area contributed by atoms with E-state index in [0.29, 0.717) is 24.8 Å². The van der Waals surface area contributed by atoms with Crippen molar-refractivity contribution in [2.75, 3.05) is 51.0 Å². The molecule has 1 fully saturated rings. The molecule has 7 nitrogen and oxygen atoms in total. The third-order valence-electron chi connectivity index (χ3n) is 3.37. The molecular formula is C14H23N5O2. The van der Waals surface area contributed by atoms with Crippen LogP contribution in [0.2, 0.25) is 0 Å². The number of nitrogens with one attached hydrogen (secondary N) is 2. The first-order valence-electron chi connectivity index (χ1n) is 7.26. The van der Waals surface area contributed by atoms with Crippen molar-refractivity contribution in [1.82, 2.24) is 15.1 Å². The minimum absolute atomic E-state index is 0.000849. The molecule has 0 spiro atoms. The number of nitrogens with zero attached hydrogens (tertiary/aromatic N) is 3. The van der Waals surface area contributed by atoms with E-state index in [-0.39, 0.29) is 11.8 Å². The summed E-state index contributed by atoms with van der Waals surface area (Å²) in [6.45, 7) is 3.02. The summed E-state index contributed by atoms with van der Waals surface area (Å²) in [5.41, 5.74) is 0. The van der Waals surface area contributed by atoms with Gasteiger partial charge < -0.3 is 20.3 Å². The summed E-state index contributed by atoms with van der Waals surface area (Å²) in [5, 5.41) is 14.1. The lowest BCUT2D eigenvalue weighted by atomic mass is 9.99. The lowest BCUT2D eigenvalue weighted by molar-refractivity contribution is -0.122. The number of amides is 1. The van der Waals surface area contributed by atoms with Crippen LogP contribution in [0.25, 0.3) is 0 Å². The SMILES string of the molecule is CN(C)CCNc1ccc(NC(=O)C2CCOCC2)nn1. The van der Waals surface area contributed by atoms with E-state index in [9.17, 15) is 4.79 Å². The van der Waals surface area contributed by atoms with Gasteiger partial charge in [0, 0.05) is 32.2 Å². The van der Waals surface area contributed by atoms with Gasteiger partial charge in [-0.15, -0.1) is 10.2 Å². The third kappa shape index (κ3) is 5.28. The molecular weight excluding hydrogens is 270 g/mol. The van der Waals surface area contributed by atoms with Crippen LogP contribution in [0.3, 0.4) is 0 Å². The zero-order chi connectivity index (χ0) is 15.1. The third-order valence-corrected chi connectivity index (χ3v) is 3.37. The first-order valence-corrected chi connectivity index (χ1v) is 7.26. The molecule has 0 radical (unpaired) electrons. The van der Waals surface area contributed by atoms with E-state index in [0.717, 1.165) is 25.9 Å². The minimum Gasteiger partial charge on any atom is -0.381 e. The Morgan fingerprint density at radius 2 is 1.95 bits per heavy atom. The van der Waals surface area contributed by atoms with E-state index < -0.39 is 0 Å². The quantitative estimate of drug-likeness (QED) is 0.808. The molecule has 0 bridgehead atoms. The number of aromatic nitrogens is 2. The van der Waals surface area contributed by atoms with Crippen molar-refractivity contribution < 1.29 is 9.53 Å². The van der Waals surface area contributed by atoms with Gasteiger partial charge in [0.05, 0.1) is 0 Å². The van der Waals surface area contributed by atoms with Crippen molar-refractivity contribution >= 4 is 17.5 Å². The average molecular weight is 293 g/mol. The predicted octanol–water partition coefficient (Wildman–Crippen LogP) is 0.815. The topological polar surface area (TPSA) is 79.4 Å². The summed E-state index contributed by atoms with van der Waals surface area (Å²) >= 11 is 0. The van der Waals surface area contributed by atoms with Crippen LogP contribution >= 0.6 is 0 Å². The summed E-state index contributed by atoms with van der Waals surface area (Å²) in [5.74, 6) is 1.21. The van der Waals surface area contributed by atoms with E-state index >= 15 is 0 Å². The lowest BCUT2D eigenvalue weighted by Gasteiger charge is -2.20. The molecule has 1 saturated heterocycles. The van der Waals surface area contributed by atoms with E-state index in [2.05, 4.69) is 25.7 Å². The van der Waals surface area contributed by atoms with Gasteiger partial charge in [-0.1, -0.05) is 0 Å². The molecule has 116 valence electrons. The number of likely N-dealkylation sites (N-methyl/N-ethyl adjacent to an activating group) is 1. The van der Waals surface area contributed by atoms with Crippen LogP contribution in [0.5, 0.6) is 0 Å². The Bertz CT molecular complexity index is 443. The summed E-state index contributed by atoms with van der Waals surface area (Å²) in [6, 6.07) is 3.59. The molecule has 0 aliphatic carbocycles. The summed E-state index contributed by atoms with van der Waals surface area (Å²) in [4.78, 5) is 14.1. The summed E-state index contributed by atoms with van der Waals surface area (Å²) in [7, 11) is 4.03. The number of rotatable bonds is 6. The maximum absolute atomic E-state index is 12.0. The summed E-state index contributed by atoms with van der Waals surface area (Å²) in [6.07, 6.45) is 1.53. The Morgan fingerprint density at radius 3 is 2.57 bits per heavy atom. The number of carbonyl (C=O) groups excluding carboxylic acids is 1. The van der Waals surface area contributed by atoms with Crippen molar-refractivity contribution in [2.45, 2.75) is 12.8 Å². The van der Waals surface area contributed by atoms with E-state index in [1.807, 2.05) is 20.2 Å². The van der Waals surface area contributed by atoms with Gasteiger partial charge >= 0.3 is 0 Å². The van der Waals surface area contributed by atoms with Gasteiger partial charge in [-0.05, 0) is 39.1 Å². The second kappa shape index (κ2) is 7.90. The lowest BCUT2D eigenvalue weighted by Crippen LogP contribution is -2.29. The highest BCUT2D eigenvalue weighted by Crippen LogP contribution is 2.16. The van der Waals surface area contributed by atoms with E-state index in [1.54, 1.807) is 6.07 Å². The standard InChI is InChI=1S/C14H23N5O2/c1-19(2)8-7-15-12-3-4-13(18-17-12)16-14(20)11-5-9-21-10-6-11/h3-4,11H,5-10H2,1-2H3,(H,15,17)(H,16,18,20). The Kier molecular flexibility index (Phi) is 5.89. The van der Waals surface area contributed by atoms with Crippen molar-refractivity contribution in [1.29, 1.82) is 0 Å². The Morgan fingerprint density at radius 1 is 1.29 bits per heavy atom. The highest BCUT2D eigenvalue weighted by atomic mass is 16.5. The van der Waals surface area contributed by atoms with E-state index in [1.165, 1.54) is 0 Å². The van der Waals surface area contributed by atoms with Crippen molar-refractivity contribution in [3.05, 3.63) is 12.1 Å². The molecule has 1 aliphatic heterocycles. The Labute approximate surface area is 125 Å². The van der Waals surface area contributed by atoms with Crippen molar-refractivity contribution in [2.24, 2.45) is 5.92 Å². The Balaban J connectivity index is 1.80. The van der Waals surface area contributed by atoms with Gasteiger partial charge in [0.1, 0.15) is 5.82 Å². The molecule has 1 amide bonds. The van der Waals surface area contributed by atoms with Crippen LogP contribution in [-0.4, -0.2) is 61.4 Å². The van der Waals surface area contributed by atoms with Crippen LogP contribution in [0.4, 0.5) is 11.6 Å². The summed E-state index contributed by atoms with van der Waals surface area (Å²) < 4.78 is 5.25. The highest BCUT2D eigenvalue weighted by Gasteiger charge is 2.21. The van der Waals surface area contributed by atoms with Crippen LogP contribution in [0.15, 0.2) is 12.1 Å². The smallest absolute Gasteiger partial charge is 0.228 e. The minimum atomic E-state index is 0.000849. The van der Waals surface area contributed by atoms with Crippen LogP contribution in [0, 0.1) is 5.92 Å². The van der Waals surface area contributed by atoms with Gasteiger partial charge in [0.25, 0.3) is 0 Å². The van der Waals surface area contributed by atoms with Crippen LogP contribution < -0.4 is 10.6 Å². The van der Waals surface area contributed by atoms with Crippen molar-refractivity contribution in [3.8, 4) is 0 Å². The number of ether oxygens (including phenoxy) is 1. The molecule has 0 unspecified atom stereocenters. The van der Waals surface area contributed by atoms with Crippen molar-refractivity contribution in [3.63, 3.8) is 0 Å². The van der Waals surface area contributed by atoms with E-state index in [4.69, 9.17) is 4.74 Å². The predicted molar refractivity (Wildman–Crippen MR) is 81.2 cm³/mol. The molecule has 0 atom stereocenters. The second-order valence-corrected chi connectivity index (χ2v) is 5.41. The van der Waals surface area contributed by atoms with Gasteiger partial charge in [0.2, 0.25) is 5.91 Å². The maximum Gasteiger partial charge on any atom is 0.228 e. The zero-order valence-electron chi connectivity index (χ0n) is 12.6. The molecule has 21 heavy (non-hydrogen) atoms. The highest BCUT2D eigenvalue weighted by molar-refractivity contribution is 5.91. The monoisotopic (exact) mass is 293 g/mol. The average Bonchev–Trinajstić information content (AvgIpc) is 2.49. The molecule has 2 heterocycles. The molecule has 1 aromatic rings. The molecule has 0 saturated carbocycles. The maximum atomic E-state index is 12.0. The molecule has 2 rings (SSSR count). The fourth-order valence-corrected chi connectivity index (χ4v) is 2.09. The first-order chi connectivity index (χ1) is 10.1. The molecule has 2 N–H and O–H groups in total. The second-order valence-electron chi connectivity index (χ2n) is 5.41. The van der Waals surface area contributed by atoms with Gasteiger partial charge in [-0.2, -0.15) is 0 Å². The number of hydrogen-bond donors (Lipinski definition) is 2. The molecule has 0 aromatic carbocycles. The Hall–Kier alpha value is -1.73. The number of carbonyl (C=O) groups is 1. The molecule has 7 heteroatoms. The zero-order valence-corrected chi connectivity index (χ0v) is 12.6.